The SMILES string of the molecule is Cc1cc(Br)ccc1Oc1nc2sccn2c1CO. The summed E-state index contributed by atoms with van der Waals surface area (Å²) in [4.78, 5) is 5.20. The standard InChI is InChI=1S/C13H11BrN2O2S/c1-8-6-9(14)2-3-11(8)18-12-10(7-17)16-4-5-19-13(16)15-12/h2-6,17H,7H2,1H3. The maximum Gasteiger partial charge on any atom is 0.244 e. The van der Waals surface area contributed by atoms with Crippen LogP contribution >= 0.6 is 27.3 Å². The lowest BCUT2D eigenvalue weighted by Gasteiger charge is -2.07. The van der Waals surface area contributed by atoms with Crippen molar-refractivity contribution in [1.82, 2.24) is 9.38 Å². The number of rotatable bonds is 3. The van der Waals surface area contributed by atoms with Crippen LogP contribution in [0, 0.1) is 6.92 Å². The fourth-order valence-electron chi connectivity index (χ4n) is 1.87. The Hall–Kier alpha value is -1.37. The van der Waals surface area contributed by atoms with Crippen LogP contribution in [0.25, 0.3) is 4.96 Å². The van der Waals surface area contributed by atoms with Crippen molar-refractivity contribution in [2.24, 2.45) is 0 Å². The summed E-state index contributed by atoms with van der Waals surface area (Å²) in [6.45, 7) is 1.86. The first-order chi connectivity index (χ1) is 9.19. The number of nitrogens with zero attached hydrogens (tertiary/aromatic N) is 2. The van der Waals surface area contributed by atoms with E-state index in [0.717, 1.165) is 20.7 Å². The van der Waals surface area contributed by atoms with E-state index < -0.39 is 0 Å². The van der Waals surface area contributed by atoms with E-state index in [1.54, 1.807) is 0 Å². The molecule has 0 aliphatic rings. The number of aliphatic hydroxyl groups excluding tert-OH is 1. The van der Waals surface area contributed by atoms with E-state index in [-0.39, 0.29) is 6.61 Å². The Balaban J connectivity index is 2.02. The van der Waals surface area contributed by atoms with Crippen LogP contribution in [-0.2, 0) is 6.61 Å². The van der Waals surface area contributed by atoms with Crippen LogP contribution < -0.4 is 4.74 Å². The van der Waals surface area contributed by atoms with Gasteiger partial charge < -0.3 is 9.84 Å². The molecule has 4 nitrogen and oxygen atoms in total. The first-order valence-corrected chi connectivity index (χ1v) is 7.35. The summed E-state index contributed by atoms with van der Waals surface area (Å²) in [5.74, 6) is 1.20. The Bertz CT molecular complexity index is 735. The van der Waals surface area contributed by atoms with Gasteiger partial charge in [-0.2, -0.15) is 4.98 Å². The zero-order valence-electron chi connectivity index (χ0n) is 10.1. The van der Waals surface area contributed by atoms with Crippen molar-refractivity contribution in [1.29, 1.82) is 0 Å². The Kier molecular flexibility index (Phi) is 3.30. The van der Waals surface area contributed by atoms with Crippen molar-refractivity contribution < 1.29 is 9.84 Å². The van der Waals surface area contributed by atoms with Gasteiger partial charge in [-0.3, -0.25) is 4.40 Å². The van der Waals surface area contributed by atoms with Crippen molar-refractivity contribution in [3.8, 4) is 11.6 Å². The molecule has 6 heteroatoms. The van der Waals surface area contributed by atoms with E-state index in [4.69, 9.17) is 4.74 Å². The number of halogens is 1. The lowest BCUT2D eigenvalue weighted by molar-refractivity contribution is 0.269. The molecular weight excluding hydrogens is 328 g/mol. The highest BCUT2D eigenvalue weighted by Gasteiger charge is 2.15. The number of fused-ring (bicyclic) bond motifs is 1. The van der Waals surface area contributed by atoms with Crippen LogP contribution in [-0.4, -0.2) is 14.5 Å². The summed E-state index contributed by atoms with van der Waals surface area (Å²) in [5.41, 5.74) is 1.67. The van der Waals surface area contributed by atoms with E-state index in [2.05, 4.69) is 20.9 Å². The van der Waals surface area contributed by atoms with Crippen molar-refractivity contribution >= 4 is 32.2 Å². The number of hydrogen-bond acceptors (Lipinski definition) is 4. The average molecular weight is 339 g/mol. The first-order valence-electron chi connectivity index (χ1n) is 5.68. The lowest BCUT2D eigenvalue weighted by atomic mass is 10.2. The lowest BCUT2D eigenvalue weighted by Crippen LogP contribution is -1.94. The molecule has 0 fully saturated rings. The second kappa shape index (κ2) is 4.96. The highest BCUT2D eigenvalue weighted by molar-refractivity contribution is 9.10. The topological polar surface area (TPSA) is 46.8 Å². The van der Waals surface area contributed by atoms with E-state index in [9.17, 15) is 5.11 Å². The van der Waals surface area contributed by atoms with Crippen LogP contribution in [0.3, 0.4) is 0 Å². The van der Waals surface area contributed by atoms with E-state index in [1.165, 1.54) is 11.3 Å². The number of thiazole rings is 1. The zero-order valence-corrected chi connectivity index (χ0v) is 12.5. The third-order valence-electron chi connectivity index (χ3n) is 2.82. The second-order valence-electron chi connectivity index (χ2n) is 4.09. The molecule has 19 heavy (non-hydrogen) atoms. The highest BCUT2D eigenvalue weighted by atomic mass is 79.9. The Morgan fingerprint density at radius 2 is 2.32 bits per heavy atom. The van der Waals surface area contributed by atoms with Crippen LogP contribution in [0.1, 0.15) is 11.3 Å². The normalized spacial score (nSPS) is 11.1. The Morgan fingerprint density at radius 3 is 3.05 bits per heavy atom. The maximum absolute atomic E-state index is 9.47. The molecule has 1 aromatic carbocycles. The van der Waals surface area contributed by atoms with Crippen LogP contribution in [0.4, 0.5) is 0 Å². The molecule has 0 saturated carbocycles. The number of imidazole rings is 1. The van der Waals surface area contributed by atoms with Crippen molar-refractivity contribution in [3.63, 3.8) is 0 Å². The first kappa shape index (κ1) is 12.7. The molecule has 0 bridgehead atoms. The molecule has 3 aromatic rings. The van der Waals surface area contributed by atoms with Crippen LogP contribution in [0.5, 0.6) is 11.6 Å². The monoisotopic (exact) mass is 338 g/mol. The quantitative estimate of drug-likeness (QED) is 0.791. The summed E-state index contributed by atoms with van der Waals surface area (Å²) in [6.07, 6.45) is 1.87. The molecular formula is C13H11BrN2O2S. The summed E-state index contributed by atoms with van der Waals surface area (Å²) < 4.78 is 8.67. The van der Waals surface area contributed by atoms with Crippen molar-refractivity contribution in [2.75, 3.05) is 0 Å². The van der Waals surface area contributed by atoms with Gasteiger partial charge in [0.15, 0.2) is 4.96 Å². The predicted octanol–water partition coefficient (Wildman–Crippen LogP) is 3.75. The molecule has 0 saturated heterocycles. The summed E-state index contributed by atoms with van der Waals surface area (Å²) in [5, 5.41) is 11.4. The second-order valence-corrected chi connectivity index (χ2v) is 5.88. The van der Waals surface area contributed by atoms with Gasteiger partial charge >= 0.3 is 0 Å². The average Bonchev–Trinajstić information content (AvgIpc) is 2.92. The maximum atomic E-state index is 9.47. The summed E-state index contributed by atoms with van der Waals surface area (Å²) in [6, 6.07) is 5.78. The zero-order chi connectivity index (χ0) is 13.4. The molecule has 0 amide bonds. The number of ether oxygens (including phenoxy) is 1. The van der Waals surface area contributed by atoms with Crippen molar-refractivity contribution in [2.45, 2.75) is 13.5 Å². The van der Waals surface area contributed by atoms with E-state index in [1.807, 2.05) is 41.1 Å². The largest absolute Gasteiger partial charge is 0.437 e. The van der Waals surface area contributed by atoms with Gasteiger partial charge in [0.1, 0.15) is 11.4 Å². The predicted molar refractivity (Wildman–Crippen MR) is 77.9 cm³/mol. The summed E-state index contributed by atoms with van der Waals surface area (Å²) in [7, 11) is 0. The Labute approximate surface area is 122 Å². The van der Waals surface area contributed by atoms with Crippen molar-refractivity contribution in [3.05, 3.63) is 45.5 Å². The molecule has 0 unspecified atom stereocenters. The number of aliphatic hydroxyl groups is 1. The number of aryl methyl sites for hydroxylation is 1. The molecule has 1 N–H and O–H groups in total. The molecule has 0 spiro atoms. The molecule has 0 aliphatic carbocycles. The fourth-order valence-corrected chi connectivity index (χ4v) is 3.07. The van der Waals surface area contributed by atoms with E-state index >= 15 is 0 Å². The van der Waals surface area contributed by atoms with Gasteiger partial charge in [0.05, 0.1) is 6.61 Å². The van der Waals surface area contributed by atoms with Gasteiger partial charge in [-0.25, -0.2) is 0 Å². The molecule has 98 valence electrons. The molecule has 0 radical (unpaired) electrons. The molecule has 0 atom stereocenters. The van der Waals surface area contributed by atoms with Gasteiger partial charge in [0.2, 0.25) is 5.88 Å². The fraction of sp³-hybridized carbons (Fsp3) is 0.154. The molecule has 0 aliphatic heterocycles. The van der Waals surface area contributed by atoms with Gasteiger partial charge in [-0.05, 0) is 30.7 Å². The van der Waals surface area contributed by atoms with Gasteiger partial charge in [-0.15, -0.1) is 11.3 Å². The number of hydrogen-bond donors (Lipinski definition) is 1. The minimum atomic E-state index is -0.108. The molecule has 3 rings (SSSR count). The smallest absolute Gasteiger partial charge is 0.244 e. The minimum Gasteiger partial charge on any atom is -0.437 e. The highest BCUT2D eigenvalue weighted by Crippen LogP contribution is 2.30. The number of benzene rings is 1. The Morgan fingerprint density at radius 1 is 1.47 bits per heavy atom. The van der Waals surface area contributed by atoms with E-state index in [0.29, 0.717) is 11.6 Å². The number of aromatic nitrogens is 2. The third-order valence-corrected chi connectivity index (χ3v) is 4.07. The summed E-state index contributed by atoms with van der Waals surface area (Å²) >= 11 is 4.93. The van der Waals surface area contributed by atoms with Crippen LogP contribution in [0.15, 0.2) is 34.2 Å². The van der Waals surface area contributed by atoms with Gasteiger partial charge in [0.25, 0.3) is 0 Å². The molecule has 2 aromatic heterocycles. The molecule has 2 heterocycles. The van der Waals surface area contributed by atoms with Gasteiger partial charge in [-0.1, -0.05) is 15.9 Å². The third kappa shape index (κ3) is 2.27. The van der Waals surface area contributed by atoms with Crippen LogP contribution in [0.2, 0.25) is 0 Å². The minimum absolute atomic E-state index is 0.108. The van der Waals surface area contributed by atoms with Gasteiger partial charge in [0, 0.05) is 16.0 Å².